The Kier molecular flexibility index (Phi) is 6.27. The van der Waals surface area contributed by atoms with E-state index in [2.05, 4.69) is 0 Å². The number of phenolic OH excluding ortho intramolecular Hbond substituents is 1. The van der Waals surface area contributed by atoms with E-state index >= 15 is 0 Å². The average molecular weight is 447 g/mol. The fourth-order valence-corrected chi connectivity index (χ4v) is 4.29. The highest BCUT2D eigenvalue weighted by molar-refractivity contribution is 6.07. The van der Waals surface area contributed by atoms with Crippen molar-refractivity contribution >= 4 is 22.8 Å². The second kappa shape index (κ2) is 9.14. The summed E-state index contributed by atoms with van der Waals surface area (Å²) in [4.78, 5) is 30.0. The van der Waals surface area contributed by atoms with Gasteiger partial charge in [-0.3, -0.25) is 4.79 Å². The highest BCUT2D eigenvalue weighted by Gasteiger charge is 2.35. The molecular weight excluding hydrogens is 416 g/mol. The van der Waals surface area contributed by atoms with E-state index in [4.69, 9.17) is 4.74 Å². The summed E-state index contributed by atoms with van der Waals surface area (Å²) in [6.07, 6.45) is 0.0192. The highest BCUT2D eigenvalue weighted by atomic mass is 16.6. The summed E-state index contributed by atoms with van der Waals surface area (Å²) >= 11 is 0. The molecule has 1 atom stereocenters. The van der Waals surface area contributed by atoms with Crippen LogP contribution in [-0.2, 0) is 11.2 Å². The minimum Gasteiger partial charge on any atom is -0.508 e. The Morgan fingerprint density at radius 1 is 0.970 bits per heavy atom. The third kappa shape index (κ3) is 5.11. The first-order chi connectivity index (χ1) is 15.7. The normalized spacial score (nSPS) is 16.6. The maximum Gasteiger partial charge on any atom is 0.410 e. The molecule has 1 N–H and O–H groups in total. The molecule has 0 spiro atoms. The molecule has 1 fully saturated rings. The van der Waals surface area contributed by atoms with Gasteiger partial charge in [0.1, 0.15) is 11.4 Å². The first kappa shape index (κ1) is 22.6. The van der Waals surface area contributed by atoms with Crippen LogP contribution in [0.15, 0.2) is 66.7 Å². The SMILES string of the molecule is CC(C)(C)OC(=O)N1CCN(C(=O)c2cccc3ccccc23)CC1Cc1ccccc1O. The van der Waals surface area contributed by atoms with Gasteiger partial charge in [0.25, 0.3) is 5.91 Å². The summed E-state index contributed by atoms with van der Waals surface area (Å²) in [5.74, 6) is 0.122. The zero-order valence-corrected chi connectivity index (χ0v) is 19.3. The monoisotopic (exact) mass is 446 g/mol. The van der Waals surface area contributed by atoms with Gasteiger partial charge in [0.2, 0.25) is 0 Å². The van der Waals surface area contributed by atoms with Crippen LogP contribution in [-0.4, -0.2) is 58.2 Å². The van der Waals surface area contributed by atoms with Crippen molar-refractivity contribution in [3.8, 4) is 5.75 Å². The Morgan fingerprint density at radius 2 is 1.67 bits per heavy atom. The number of benzene rings is 3. The number of amides is 2. The van der Waals surface area contributed by atoms with E-state index in [1.165, 1.54) is 0 Å². The second-order valence-corrected chi connectivity index (χ2v) is 9.44. The maximum atomic E-state index is 13.5. The van der Waals surface area contributed by atoms with Crippen molar-refractivity contribution < 1.29 is 19.4 Å². The smallest absolute Gasteiger partial charge is 0.410 e. The van der Waals surface area contributed by atoms with Gasteiger partial charge in [-0.05, 0) is 55.7 Å². The molecule has 1 aliphatic heterocycles. The molecule has 0 radical (unpaired) electrons. The van der Waals surface area contributed by atoms with E-state index in [9.17, 15) is 14.7 Å². The van der Waals surface area contributed by atoms with Gasteiger partial charge in [-0.2, -0.15) is 0 Å². The van der Waals surface area contributed by atoms with Gasteiger partial charge in [0, 0.05) is 25.2 Å². The molecule has 0 bridgehead atoms. The van der Waals surface area contributed by atoms with Gasteiger partial charge in [-0.25, -0.2) is 4.79 Å². The molecule has 1 aliphatic rings. The zero-order valence-electron chi connectivity index (χ0n) is 19.3. The third-order valence-electron chi connectivity index (χ3n) is 5.87. The lowest BCUT2D eigenvalue weighted by Crippen LogP contribution is -2.58. The molecule has 0 aromatic heterocycles. The minimum absolute atomic E-state index is 0.0575. The van der Waals surface area contributed by atoms with Crippen LogP contribution in [0.4, 0.5) is 4.79 Å². The number of phenols is 1. The predicted molar refractivity (Wildman–Crippen MR) is 128 cm³/mol. The molecule has 3 aromatic rings. The van der Waals surface area contributed by atoms with E-state index < -0.39 is 11.7 Å². The highest BCUT2D eigenvalue weighted by Crippen LogP contribution is 2.26. The third-order valence-corrected chi connectivity index (χ3v) is 5.87. The fraction of sp³-hybridized carbons (Fsp3) is 0.333. The van der Waals surface area contributed by atoms with Crippen LogP contribution in [0.3, 0.4) is 0 Å². The number of carbonyl (C=O) groups excluding carboxylic acids is 2. The van der Waals surface area contributed by atoms with Crippen LogP contribution in [0, 0.1) is 0 Å². The van der Waals surface area contributed by atoms with Crippen LogP contribution in [0.2, 0.25) is 0 Å². The number of piperazine rings is 1. The van der Waals surface area contributed by atoms with E-state index in [-0.39, 0.29) is 17.7 Å². The van der Waals surface area contributed by atoms with E-state index in [1.54, 1.807) is 21.9 Å². The number of rotatable bonds is 3. The Bertz CT molecular complexity index is 1160. The van der Waals surface area contributed by atoms with Gasteiger partial charge in [0.15, 0.2) is 0 Å². The molecule has 0 saturated carbocycles. The van der Waals surface area contributed by atoms with Crippen molar-refractivity contribution in [3.63, 3.8) is 0 Å². The van der Waals surface area contributed by atoms with Crippen molar-refractivity contribution in [1.82, 2.24) is 9.80 Å². The Labute approximate surface area is 194 Å². The van der Waals surface area contributed by atoms with Crippen LogP contribution in [0.5, 0.6) is 5.75 Å². The summed E-state index contributed by atoms with van der Waals surface area (Å²) in [7, 11) is 0. The largest absolute Gasteiger partial charge is 0.508 e. The van der Waals surface area contributed by atoms with Crippen LogP contribution in [0.1, 0.15) is 36.7 Å². The standard InChI is InChI=1S/C27H30N2O4/c1-27(2,3)33-26(32)29-16-15-28(18-21(29)17-20-10-5-7-14-24(20)30)25(31)23-13-8-11-19-9-4-6-12-22(19)23/h4-14,21,30H,15-18H2,1-3H3. The van der Waals surface area contributed by atoms with E-state index in [0.717, 1.165) is 16.3 Å². The fourth-order valence-electron chi connectivity index (χ4n) is 4.29. The quantitative estimate of drug-likeness (QED) is 0.624. The van der Waals surface area contributed by atoms with Crippen LogP contribution in [0.25, 0.3) is 10.8 Å². The van der Waals surface area contributed by atoms with Crippen molar-refractivity contribution in [2.24, 2.45) is 0 Å². The van der Waals surface area contributed by atoms with Crippen LogP contribution < -0.4 is 0 Å². The maximum absolute atomic E-state index is 13.5. The first-order valence-electron chi connectivity index (χ1n) is 11.3. The number of carbonyl (C=O) groups is 2. The average Bonchev–Trinajstić information content (AvgIpc) is 2.78. The molecule has 1 saturated heterocycles. The van der Waals surface area contributed by atoms with Gasteiger partial charge in [-0.15, -0.1) is 0 Å². The molecule has 0 aliphatic carbocycles. The van der Waals surface area contributed by atoms with Gasteiger partial charge >= 0.3 is 6.09 Å². The Morgan fingerprint density at radius 3 is 2.42 bits per heavy atom. The number of fused-ring (bicyclic) bond motifs is 1. The molecule has 6 heteroatoms. The molecule has 172 valence electrons. The van der Waals surface area contributed by atoms with Gasteiger partial charge in [-0.1, -0.05) is 54.6 Å². The molecule has 1 unspecified atom stereocenters. The topological polar surface area (TPSA) is 70.1 Å². The summed E-state index contributed by atoms with van der Waals surface area (Å²) in [5.41, 5.74) is 0.766. The van der Waals surface area contributed by atoms with Crippen molar-refractivity contribution in [2.75, 3.05) is 19.6 Å². The number of ether oxygens (including phenoxy) is 1. The lowest BCUT2D eigenvalue weighted by Gasteiger charge is -2.42. The first-order valence-corrected chi connectivity index (χ1v) is 11.3. The van der Waals surface area contributed by atoms with Crippen LogP contribution >= 0.6 is 0 Å². The molecular formula is C27H30N2O4. The number of hydrogen-bond donors (Lipinski definition) is 1. The zero-order chi connectivity index (χ0) is 23.6. The number of aromatic hydroxyl groups is 1. The minimum atomic E-state index is -0.619. The summed E-state index contributed by atoms with van der Waals surface area (Å²) in [5, 5.41) is 12.2. The Hall–Kier alpha value is -3.54. The lowest BCUT2D eigenvalue weighted by molar-refractivity contribution is -0.000644. The lowest BCUT2D eigenvalue weighted by atomic mass is 9.99. The molecule has 3 aromatic carbocycles. The van der Waals surface area contributed by atoms with Gasteiger partial charge < -0.3 is 19.6 Å². The van der Waals surface area contributed by atoms with Crippen molar-refractivity contribution in [3.05, 3.63) is 77.9 Å². The summed E-state index contributed by atoms with van der Waals surface area (Å²) in [6.45, 7) is 6.65. The number of nitrogens with zero attached hydrogens (tertiary/aromatic N) is 2. The number of hydrogen-bond acceptors (Lipinski definition) is 4. The number of para-hydroxylation sites is 1. The van der Waals surface area contributed by atoms with E-state index in [1.807, 2.05) is 75.4 Å². The predicted octanol–water partition coefficient (Wildman–Crippen LogP) is 4.85. The molecule has 2 amide bonds. The molecule has 1 heterocycles. The molecule has 33 heavy (non-hydrogen) atoms. The second-order valence-electron chi connectivity index (χ2n) is 9.44. The van der Waals surface area contributed by atoms with Gasteiger partial charge in [0.05, 0.1) is 6.04 Å². The van der Waals surface area contributed by atoms with Crippen molar-refractivity contribution in [1.29, 1.82) is 0 Å². The molecule has 4 rings (SSSR count). The van der Waals surface area contributed by atoms with E-state index in [0.29, 0.717) is 31.6 Å². The Balaban J connectivity index is 1.61. The van der Waals surface area contributed by atoms with Crippen molar-refractivity contribution in [2.45, 2.75) is 38.8 Å². The summed E-state index contributed by atoms with van der Waals surface area (Å²) < 4.78 is 5.63. The molecule has 6 nitrogen and oxygen atoms in total. The summed E-state index contributed by atoms with van der Waals surface area (Å²) in [6, 6.07) is 20.4.